The largest absolute Gasteiger partial charge is 0.494 e. The van der Waals surface area contributed by atoms with Gasteiger partial charge in [0.1, 0.15) is 21.7 Å². The maximum atomic E-state index is 13.1. The molecule has 2 heterocycles. The normalized spacial score (nSPS) is 16.5. The summed E-state index contributed by atoms with van der Waals surface area (Å²) in [5.74, 6) is 0.868. The quantitative estimate of drug-likeness (QED) is 0.613. The molecule has 1 saturated heterocycles. The van der Waals surface area contributed by atoms with Crippen molar-refractivity contribution in [1.82, 2.24) is 18.0 Å². The summed E-state index contributed by atoms with van der Waals surface area (Å²) in [6.45, 7) is 5.73. The van der Waals surface area contributed by atoms with Crippen LogP contribution in [-0.2, 0) is 16.6 Å². The van der Waals surface area contributed by atoms with Gasteiger partial charge < -0.3 is 4.74 Å². The molecule has 9 heteroatoms. The summed E-state index contributed by atoms with van der Waals surface area (Å²) < 4.78 is 41.5. The second-order valence-corrected chi connectivity index (χ2v) is 9.08. The molecule has 7 nitrogen and oxygen atoms in total. The second-order valence-electron chi connectivity index (χ2n) is 6.65. The fourth-order valence-corrected chi connectivity index (χ4v) is 5.55. The van der Waals surface area contributed by atoms with Gasteiger partial charge in [0.15, 0.2) is 0 Å². The van der Waals surface area contributed by atoms with E-state index < -0.39 is 10.0 Å². The average molecular weight is 419 g/mol. The lowest BCUT2D eigenvalue weighted by Gasteiger charge is -2.34. The minimum absolute atomic E-state index is 0.249. The Morgan fingerprint density at radius 3 is 2.50 bits per heavy atom. The standard InChI is InChI=1S/C19H22N4O3S2/c1-2-26-16-8-6-15(7-9-16)14-22-10-12-23(13-11-22)28(24,25)18-5-3-4-17-19(18)21-27-20-17/h3-9H,2,10-14H2,1H3. The van der Waals surface area contributed by atoms with Crippen molar-refractivity contribution < 1.29 is 13.2 Å². The van der Waals surface area contributed by atoms with Crippen molar-refractivity contribution >= 4 is 32.8 Å². The molecule has 1 aliphatic rings. The molecule has 0 radical (unpaired) electrons. The van der Waals surface area contributed by atoms with E-state index in [-0.39, 0.29) is 4.90 Å². The molecular formula is C19H22N4O3S2. The third-order valence-electron chi connectivity index (χ3n) is 4.84. The highest BCUT2D eigenvalue weighted by Crippen LogP contribution is 2.25. The number of ether oxygens (including phenoxy) is 1. The number of hydrogen-bond donors (Lipinski definition) is 0. The first-order valence-corrected chi connectivity index (χ1v) is 11.4. The maximum absolute atomic E-state index is 13.1. The first-order chi connectivity index (χ1) is 13.6. The molecule has 28 heavy (non-hydrogen) atoms. The molecule has 0 saturated carbocycles. The number of nitrogens with zero attached hydrogens (tertiary/aromatic N) is 4. The van der Waals surface area contributed by atoms with Gasteiger partial charge in [0.25, 0.3) is 0 Å². The van der Waals surface area contributed by atoms with Crippen LogP contribution < -0.4 is 4.74 Å². The minimum atomic E-state index is -3.57. The van der Waals surface area contributed by atoms with Crippen LogP contribution in [0.5, 0.6) is 5.75 Å². The molecule has 0 spiro atoms. The monoisotopic (exact) mass is 418 g/mol. The summed E-state index contributed by atoms with van der Waals surface area (Å²) in [6, 6.07) is 13.2. The zero-order chi connectivity index (χ0) is 19.6. The van der Waals surface area contributed by atoms with Gasteiger partial charge in [0.2, 0.25) is 10.0 Å². The number of hydrogen-bond acceptors (Lipinski definition) is 7. The molecule has 0 aliphatic carbocycles. The van der Waals surface area contributed by atoms with Crippen LogP contribution in [0.1, 0.15) is 12.5 Å². The molecule has 148 valence electrons. The summed E-state index contributed by atoms with van der Waals surface area (Å²) in [4.78, 5) is 2.52. The Balaban J connectivity index is 1.41. The summed E-state index contributed by atoms with van der Waals surface area (Å²) in [5, 5.41) is 0. The van der Waals surface area contributed by atoms with Gasteiger partial charge in [-0.2, -0.15) is 13.1 Å². The molecule has 0 N–H and O–H groups in total. The van der Waals surface area contributed by atoms with Crippen LogP contribution in [0.4, 0.5) is 0 Å². The Morgan fingerprint density at radius 2 is 1.79 bits per heavy atom. The van der Waals surface area contributed by atoms with Crippen LogP contribution in [0.2, 0.25) is 0 Å². The Bertz CT molecular complexity index is 1040. The van der Waals surface area contributed by atoms with E-state index in [1.807, 2.05) is 19.1 Å². The smallest absolute Gasteiger partial charge is 0.245 e. The maximum Gasteiger partial charge on any atom is 0.245 e. The van der Waals surface area contributed by atoms with Gasteiger partial charge in [-0.25, -0.2) is 8.42 Å². The van der Waals surface area contributed by atoms with Crippen molar-refractivity contribution in [2.75, 3.05) is 32.8 Å². The topological polar surface area (TPSA) is 75.6 Å². The van der Waals surface area contributed by atoms with E-state index in [1.54, 1.807) is 22.5 Å². The molecule has 2 aromatic carbocycles. The molecular weight excluding hydrogens is 396 g/mol. The molecule has 4 rings (SSSR count). The Hall–Kier alpha value is -2.07. The van der Waals surface area contributed by atoms with E-state index in [0.717, 1.165) is 24.0 Å². The highest BCUT2D eigenvalue weighted by Gasteiger charge is 2.30. The van der Waals surface area contributed by atoms with E-state index in [2.05, 4.69) is 25.8 Å². The van der Waals surface area contributed by atoms with E-state index in [0.29, 0.717) is 43.8 Å². The zero-order valence-electron chi connectivity index (χ0n) is 15.6. The Kier molecular flexibility index (Phi) is 5.58. The van der Waals surface area contributed by atoms with Crippen molar-refractivity contribution in [3.63, 3.8) is 0 Å². The number of benzene rings is 2. The second kappa shape index (κ2) is 8.12. The molecule has 0 unspecified atom stereocenters. The minimum Gasteiger partial charge on any atom is -0.494 e. The molecule has 0 amide bonds. The van der Waals surface area contributed by atoms with Crippen molar-refractivity contribution in [3.8, 4) is 5.75 Å². The summed E-state index contributed by atoms with van der Waals surface area (Å²) in [5.41, 5.74) is 2.28. The van der Waals surface area contributed by atoms with Crippen molar-refractivity contribution in [2.24, 2.45) is 0 Å². The number of aromatic nitrogens is 2. The van der Waals surface area contributed by atoms with Gasteiger partial charge in [-0.15, -0.1) is 0 Å². The first-order valence-electron chi connectivity index (χ1n) is 9.23. The van der Waals surface area contributed by atoms with Crippen molar-refractivity contribution in [2.45, 2.75) is 18.4 Å². The lowest BCUT2D eigenvalue weighted by atomic mass is 10.2. The number of rotatable bonds is 6. The summed E-state index contributed by atoms with van der Waals surface area (Å²) in [6.07, 6.45) is 0. The first kappa shape index (κ1) is 19.3. The van der Waals surface area contributed by atoms with E-state index in [9.17, 15) is 8.42 Å². The highest BCUT2D eigenvalue weighted by molar-refractivity contribution is 7.89. The van der Waals surface area contributed by atoms with E-state index in [1.165, 1.54) is 5.56 Å². The predicted octanol–water partition coefficient (Wildman–Crippen LogP) is 2.60. The Labute approximate surface area is 168 Å². The molecule has 1 aromatic heterocycles. The number of fused-ring (bicyclic) bond motifs is 1. The van der Waals surface area contributed by atoms with Gasteiger partial charge in [0.05, 0.1) is 18.3 Å². The SMILES string of the molecule is CCOc1ccc(CN2CCN(S(=O)(=O)c3cccc4nsnc34)CC2)cc1. The molecule has 3 aromatic rings. The van der Waals surface area contributed by atoms with Crippen LogP contribution in [0.15, 0.2) is 47.4 Å². The summed E-state index contributed by atoms with van der Waals surface area (Å²) in [7, 11) is -3.57. The fraction of sp³-hybridized carbons (Fsp3) is 0.368. The number of sulfonamides is 1. The third-order valence-corrected chi connectivity index (χ3v) is 7.31. The van der Waals surface area contributed by atoms with Crippen LogP contribution in [0, 0.1) is 0 Å². The van der Waals surface area contributed by atoms with Gasteiger partial charge in [-0.1, -0.05) is 18.2 Å². The van der Waals surface area contributed by atoms with E-state index >= 15 is 0 Å². The lowest BCUT2D eigenvalue weighted by molar-refractivity contribution is 0.181. The fourth-order valence-electron chi connectivity index (χ4n) is 3.37. The van der Waals surface area contributed by atoms with Gasteiger partial charge in [0, 0.05) is 32.7 Å². The highest BCUT2D eigenvalue weighted by atomic mass is 32.2. The van der Waals surface area contributed by atoms with Crippen molar-refractivity contribution in [1.29, 1.82) is 0 Å². The molecule has 0 bridgehead atoms. The van der Waals surface area contributed by atoms with Crippen LogP contribution >= 0.6 is 11.7 Å². The van der Waals surface area contributed by atoms with E-state index in [4.69, 9.17) is 4.74 Å². The number of piperazine rings is 1. The zero-order valence-corrected chi connectivity index (χ0v) is 17.2. The van der Waals surface area contributed by atoms with Gasteiger partial charge in [-0.05, 0) is 36.8 Å². The van der Waals surface area contributed by atoms with Crippen LogP contribution in [0.25, 0.3) is 11.0 Å². The Morgan fingerprint density at radius 1 is 1.04 bits per heavy atom. The molecule has 1 fully saturated rings. The van der Waals surface area contributed by atoms with Gasteiger partial charge >= 0.3 is 0 Å². The van der Waals surface area contributed by atoms with Crippen LogP contribution in [0.3, 0.4) is 0 Å². The third kappa shape index (κ3) is 3.88. The van der Waals surface area contributed by atoms with Crippen molar-refractivity contribution in [3.05, 3.63) is 48.0 Å². The van der Waals surface area contributed by atoms with Gasteiger partial charge in [-0.3, -0.25) is 4.90 Å². The molecule has 1 aliphatic heterocycles. The average Bonchev–Trinajstić information content (AvgIpc) is 3.19. The predicted molar refractivity (Wildman–Crippen MR) is 109 cm³/mol. The lowest BCUT2D eigenvalue weighted by Crippen LogP contribution is -2.48. The van der Waals surface area contributed by atoms with Crippen LogP contribution in [-0.4, -0.2) is 59.2 Å². The molecule has 0 atom stereocenters. The summed E-state index contributed by atoms with van der Waals surface area (Å²) >= 11 is 1.04.